The molecule has 21 heavy (non-hydrogen) atoms. The molecule has 0 spiro atoms. The normalized spacial score (nSPS) is 12.0. The fourth-order valence-corrected chi connectivity index (χ4v) is 1.81. The molecule has 4 N–H and O–H groups in total. The van der Waals surface area contributed by atoms with E-state index < -0.39 is 29.3 Å². The molecule has 0 radical (unpaired) electrons. The van der Waals surface area contributed by atoms with Crippen molar-refractivity contribution in [2.75, 3.05) is 5.32 Å². The summed E-state index contributed by atoms with van der Waals surface area (Å²) in [6.07, 6.45) is 0.183. The quantitative estimate of drug-likeness (QED) is 0.808. The van der Waals surface area contributed by atoms with E-state index in [1.165, 1.54) is 18.2 Å². The van der Waals surface area contributed by atoms with E-state index in [1.54, 1.807) is 12.1 Å². The number of carbonyl (C=O) groups is 1. The Morgan fingerprint density at radius 3 is 2.29 bits per heavy atom. The molecule has 2 aromatic carbocycles. The van der Waals surface area contributed by atoms with Gasteiger partial charge in [0.15, 0.2) is 0 Å². The fraction of sp³-hybridized carbons (Fsp3) is 0.133. The van der Waals surface area contributed by atoms with Crippen LogP contribution in [-0.4, -0.2) is 17.1 Å². The maximum atomic E-state index is 13.4. The molecule has 4 nitrogen and oxygen atoms in total. The molecule has 0 fully saturated rings. The molecule has 0 saturated heterocycles. The highest BCUT2D eigenvalue weighted by Gasteiger charge is 2.18. The van der Waals surface area contributed by atoms with Gasteiger partial charge >= 0.3 is 0 Å². The molecule has 6 heteroatoms. The summed E-state index contributed by atoms with van der Waals surface area (Å²) in [6.45, 7) is 0. The number of halogens is 2. The number of amides is 1. The number of benzene rings is 2. The summed E-state index contributed by atoms with van der Waals surface area (Å²) in [6, 6.07) is 8.50. The minimum atomic E-state index is -0.964. The first-order valence-corrected chi connectivity index (χ1v) is 6.25. The van der Waals surface area contributed by atoms with E-state index >= 15 is 0 Å². The van der Waals surface area contributed by atoms with Crippen LogP contribution >= 0.6 is 0 Å². The first kappa shape index (κ1) is 14.9. The fourth-order valence-electron chi connectivity index (χ4n) is 1.81. The van der Waals surface area contributed by atoms with Gasteiger partial charge < -0.3 is 16.2 Å². The number of rotatable bonds is 4. The molecule has 2 aromatic rings. The molecule has 2 rings (SSSR count). The minimum absolute atomic E-state index is 0.102. The maximum Gasteiger partial charge on any atom is 0.241 e. The molecule has 0 unspecified atom stereocenters. The largest absolute Gasteiger partial charge is 0.508 e. The van der Waals surface area contributed by atoms with Crippen LogP contribution in [0.4, 0.5) is 14.5 Å². The van der Waals surface area contributed by atoms with Gasteiger partial charge in [-0.15, -0.1) is 0 Å². The van der Waals surface area contributed by atoms with Gasteiger partial charge in [0.2, 0.25) is 5.91 Å². The zero-order valence-electron chi connectivity index (χ0n) is 11.0. The maximum absolute atomic E-state index is 13.4. The van der Waals surface area contributed by atoms with E-state index in [0.29, 0.717) is 0 Å². The van der Waals surface area contributed by atoms with Crippen molar-refractivity contribution < 1.29 is 18.7 Å². The van der Waals surface area contributed by atoms with Crippen LogP contribution in [0.2, 0.25) is 0 Å². The van der Waals surface area contributed by atoms with Gasteiger partial charge in [-0.2, -0.15) is 0 Å². The smallest absolute Gasteiger partial charge is 0.241 e. The van der Waals surface area contributed by atoms with E-state index in [4.69, 9.17) is 10.8 Å². The second kappa shape index (κ2) is 6.32. The van der Waals surface area contributed by atoms with Crippen LogP contribution in [-0.2, 0) is 11.2 Å². The number of para-hydroxylation sites is 1. The van der Waals surface area contributed by atoms with Gasteiger partial charge in [0.25, 0.3) is 0 Å². The second-order valence-corrected chi connectivity index (χ2v) is 4.56. The Hall–Kier alpha value is -2.47. The molecule has 1 atom stereocenters. The van der Waals surface area contributed by atoms with Gasteiger partial charge in [-0.3, -0.25) is 4.79 Å². The number of phenols is 1. The Balaban J connectivity index is 2.04. The summed E-state index contributed by atoms with van der Waals surface area (Å²) in [5.74, 6) is -2.31. The summed E-state index contributed by atoms with van der Waals surface area (Å²) in [4.78, 5) is 11.9. The van der Waals surface area contributed by atoms with E-state index in [0.717, 1.165) is 17.7 Å². The molecule has 0 aliphatic rings. The lowest BCUT2D eigenvalue weighted by atomic mass is 10.1. The van der Waals surface area contributed by atoms with Crippen LogP contribution in [0.5, 0.6) is 5.75 Å². The first-order chi connectivity index (χ1) is 9.97. The van der Waals surface area contributed by atoms with E-state index in [2.05, 4.69) is 5.32 Å². The molecular formula is C15H14F2N2O2. The molecule has 0 heterocycles. The van der Waals surface area contributed by atoms with Crippen molar-refractivity contribution in [3.8, 4) is 5.75 Å². The second-order valence-electron chi connectivity index (χ2n) is 4.56. The Labute approximate surface area is 120 Å². The Morgan fingerprint density at radius 2 is 1.71 bits per heavy atom. The lowest BCUT2D eigenvalue weighted by Gasteiger charge is -2.13. The Bertz CT molecular complexity index is 624. The van der Waals surface area contributed by atoms with Crippen LogP contribution in [0.25, 0.3) is 0 Å². The van der Waals surface area contributed by atoms with E-state index in [-0.39, 0.29) is 12.2 Å². The van der Waals surface area contributed by atoms with Crippen LogP contribution in [0.3, 0.4) is 0 Å². The van der Waals surface area contributed by atoms with Gasteiger partial charge in [-0.1, -0.05) is 18.2 Å². The lowest BCUT2D eigenvalue weighted by molar-refractivity contribution is -0.117. The van der Waals surface area contributed by atoms with Gasteiger partial charge in [0.05, 0.1) is 6.04 Å². The summed E-state index contributed by atoms with van der Waals surface area (Å²) < 4.78 is 26.8. The molecule has 0 saturated carbocycles. The monoisotopic (exact) mass is 292 g/mol. The van der Waals surface area contributed by atoms with Gasteiger partial charge in [-0.05, 0) is 36.2 Å². The minimum Gasteiger partial charge on any atom is -0.508 e. The van der Waals surface area contributed by atoms with Crippen LogP contribution < -0.4 is 11.1 Å². The molecule has 0 aliphatic carbocycles. The number of carbonyl (C=O) groups excluding carboxylic acids is 1. The summed E-state index contributed by atoms with van der Waals surface area (Å²) in [5, 5.41) is 11.3. The number of aromatic hydroxyl groups is 1. The average molecular weight is 292 g/mol. The van der Waals surface area contributed by atoms with Crippen molar-refractivity contribution in [2.45, 2.75) is 12.5 Å². The number of hydrogen-bond acceptors (Lipinski definition) is 3. The van der Waals surface area contributed by atoms with E-state index in [9.17, 15) is 13.6 Å². The van der Waals surface area contributed by atoms with E-state index in [1.807, 2.05) is 0 Å². The predicted octanol–water partition coefficient (Wildman–Crippen LogP) is 2.18. The third kappa shape index (κ3) is 3.76. The van der Waals surface area contributed by atoms with Crippen molar-refractivity contribution in [3.05, 3.63) is 59.7 Å². The zero-order chi connectivity index (χ0) is 15.4. The Kier molecular flexibility index (Phi) is 4.49. The third-order valence-corrected chi connectivity index (χ3v) is 2.94. The number of anilines is 1. The SMILES string of the molecule is N[C@@H](Cc1ccc(O)cc1)C(=O)Nc1c(F)cccc1F. The third-order valence-electron chi connectivity index (χ3n) is 2.94. The molecule has 1 amide bonds. The molecular weight excluding hydrogens is 278 g/mol. The van der Waals surface area contributed by atoms with Crippen molar-refractivity contribution in [1.29, 1.82) is 0 Å². The molecule has 0 bridgehead atoms. The van der Waals surface area contributed by atoms with Crippen LogP contribution in [0, 0.1) is 11.6 Å². The highest BCUT2D eigenvalue weighted by Crippen LogP contribution is 2.18. The van der Waals surface area contributed by atoms with Crippen molar-refractivity contribution >= 4 is 11.6 Å². The van der Waals surface area contributed by atoms with Gasteiger partial charge in [0, 0.05) is 0 Å². The summed E-state index contributed by atoms with van der Waals surface area (Å²) in [7, 11) is 0. The van der Waals surface area contributed by atoms with Gasteiger partial charge in [-0.25, -0.2) is 8.78 Å². The van der Waals surface area contributed by atoms with Crippen LogP contribution in [0.15, 0.2) is 42.5 Å². The van der Waals surface area contributed by atoms with Crippen LogP contribution in [0.1, 0.15) is 5.56 Å². The molecule has 110 valence electrons. The van der Waals surface area contributed by atoms with Crippen molar-refractivity contribution in [3.63, 3.8) is 0 Å². The predicted molar refractivity (Wildman–Crippen MR) is 74.8 cm³/mol. The zero-order valence-corrected chi connectivity index (χ0v) is 11.0. The number of nitrogens with two attached hydrogens (primary N) is 1. The summed E-state index contributed by atoms with van der Waals surface area (Å²) in [5.41, 5.74) is 5.93. The average Bonchev–Trinajstić information content (AvgIpc) is 2.45. The number of hydrogen-bond donors (Lipinski definition) is 3. The lowest BCUT2D eigenvalue weighted by Crippen LogP contribution is -2.37. The Morgan fingerprint density at radius 1 is 1.14 bits per heavy atom. The van der Waals surface area contributed by atoms with Crippen molar-refractivity contribution in [1.82, 2.24) is 0 Å². The summed E-state index contributed by atoms with van der Waals surface area (Å²) >= 11 is 0. The first-order valence-electron chi connectivity index (χ1n) is 6.25. The molecule has 0 aromatic heterocycles. The highest BCUT2D eigenvalue weighted by atomic mass is 19.1. The topological polar surface area (TPSA) is 75.3 Å². The molecule has 0 aliphatic heterocycles. The van der Waals surface area contributed by atoms with Gasteiger partial charge in [0.1, 0.15) is 23.1 Å². The highest BCUT2D eigenvalue weighted by molar-refractivity contribution is 5.95. The standard InChI is InChI=1S/C15H14F2N2O2/c16-11-2-1-3-12(17)14(11)19-15(21)13(18)8-9-4-6-10(20)7-5-9/h1-7,13,20H,8,18H2,(H,19,21)/t13-/m0/s1. The van der Waals surface area contributed by atoms with Crippen molar-refractivity contribution in [2.24, 2.45) is 5.73 Å². The number of nitrogens with one attached hydrogen (secondary N) is 1. The number of phenolic OH excluding ortho intramolecular Hbond substituents is 1.